The molecule has 0 spiro atoms. The minimum atomic E-state index is -2.57. The highest BCUT2D eigenvalue weighted by Gasteiger charge is 2.51. The molecule has 4 nitrogen and oxygen atoms in total. The predicted octanol–water partition coefficient (Wildman–Crippen LogP) is 4.74. The van der Waals surface area contributed by atoms with Crippen LogP contribution in [0.4, 0.5) is 5.82 Å². The van der Waals surface area contributed by atoms with Crippen molar-refractivity contribution in [1.82, 2.24) is 5.32 Å². The highest BCUT2D eigenvalue weighted by Crippen LogP contribution is 2.61. The fourth-order valence-electron chi connectivity index (χ4n) is 4.52. The van der Waals surface area contributed by atoms with E-state index < -0.39 is 7.26 Å². The zero-order valence-electron chi connectivity index (χ0n) is 20.3. The number of nitrogens with two attached hydrogens (primary N) is 1. The second-order valence-corrected chi connectivity index (χ2v) is 11.9. The normalized spacial score (nSPS) is 11.6. The summed E-state index contributed by atoms with van der Waals surface area (Å²) in [4.78, 5) is 13.7. The molecule has 0 radical (unpaired) electrons. The van der Waals surface area contributed by atoms with Crippen LogP contribution in [0.5, 0.6) is 0 Å². The summed E-state index contributed by atoms with van der Waals surface area (Å²) in [6.07, 6.45) is 3.87. The molecule has 5 rings (SSSR count). The maximum atomic E-state index is 13.7. The van der Waals surface area contributed by atoms with E-state index in [0.29, 0.717) is 11.4 Å². The molecule has 1 aromatic heterocycles. The minimum Gasteiger partial charge on any atom is -0.289 e. The number of amides is 1. The van der Waals surface area contributed by atoms with E-state index in [0.717, 1.165) is 21.4 Å². The number of nitrogens with zero attached hydrogens (tertiary/aromatic N) is 1. The van der Waals surface area contributed by atoms with Gasteiger partial charge in [-0.05, 0) is 54.6 Å². The largest absolute Gasteiger partial charge is 0.289 e. The number of carbonyl (C=O) groups excluding carboxylic acids is 1. The summed E-state index contributed by atoms with van der Waals surface area (Å²) in [7, 11) is -2.57. The average molecular weight is 502 g/mol. The van der Waals surface area contributed by atoms with Gasteiger partial charge in [0.15, 0.2) is 13.5 Å². The molecule has 0 unspecified atom stereocenters. The Morgan fingerprint density at radius 3 is 1.51 bits per heavy atom. The van der Waals surface area contributed by atoms with Crippen LogP contribution < -0.4 is 31.5 Å². The molecule has 0 aliphatic carbocycles. The molecular weight excluding hydrogens is 473 g/mol. The van der Waals surface area contributed by atoms with E-state index in [1.807, 2.05) is 83.7 Å². The summed E-state index contributed by atoms with van der Waals surface area (Å²) in [5.74, 6) is 0.398. The molecule has 1 amide bonds. The first-order valence-electron chi connectivity index (χ1n) is 12.1. The quantitative estimate of drug-likeness (QED) is 0.250. The first kappa shape index (κ1) is 24.2. The van der Waals surface area contributed by atoms with E-state index >= 15 is 0 Å². The summed E-state index contributed by atoms with van der Waals surface area (Å²) in [5, 5.41) is 6.72. The summed E-state index contributed by atoms with van der Waals surface area (Å²) >= 11 is 0. The Bertz CT molecular complexity index is 1410. The lowest BCUT2D eigenvalue weighted by molar-refractivity contribution is -0.552. The van der Waals surface area contributed by atoms with Crippen molar-refractivity contribution in [2.45, 2.75) is 0 Å². The van der Waals surface area contributed by atoms with Crippen LogP contribution in [0.25, 0.3) is 6.20 Å². The van der Waals surface area contributed by atoms with Crippen LogP contribution in [0.15, 0.2) is 151 Å². The predicted molar refractivity (Wildman–Crippen MR) is 154 cm³/mol. The topological polar surface area (TPSA) is 59.0 Å². The number of hydrogen-bond donors (Lipinski definition) is 2. The molecule has 5 heteroatoms. The van der Waals surface area contributed by atoms with E-state index in [1.165, 1.54) is 0 Å². The molecule has 5 aromatic rings. The molecule has 3 N–H and O–H groups in total. The Kier molecular flexibility index (Phi) is 7.21. The standard InChI is InChI=1S/C32H26N3OP/c33-30-23-13-14-24-35(30)25-31(34-32(36)26-15-5-1-6-16-26)37(27-17-7-2-8-18-27,28-19-9-3-10-20-28)29-21-11-4-12-22-29/h1-25,33H/p+2/b31-25+. The maximum Gasteiger partial charge on any atom is 0.277 e. The monoisotopic (exact) mass is 501 g/mol. The molecular formula is C32H28N3OP+2. The molecule has 0 atom stereocenters. The number of aromatic nitrogens is 1. The maximum absolute atomic E-state index is 13.7. The summed E-state index contributed by atoms with van der Waals surface area (Å²) in [6, 6.07) is 46.2. The number of carbonyl (C=O) groups is 1. The third-order valence-corrected chi connectivity index (χ3v) is 10.4. The first-order chi connectivity index (χ1) is 18.2. The van der Waals surface area contributed by atoms with Gasteiger partial charge in [-0.15, -0.1) is 0 Å². The lowest BCUT2D eigenvalue weighted by atomic mass is 10.2. The van der Waals surface area contributed by atoms with Gasteiger partial charge in [0.05, 0.1) is 6.20 Å². The number of nitrogen functional groups attached to an aromatic ring is 1. The van der Waals surface area contributed by atoms with E-state index in [4.69, 9.17) is 5.73 Å². The second-order valence-electron chi connectivity index (χ2n) is 8.54. The Labute approximate surface area is 218 Å². The van der Waals surface area contributed by atoms with Gasteiger partial charge in [-0.3, -0.25) is 15.8 Å². The highest BCUT2D eigenvalue weighted by molar-refractivity contribution is 7.99. The fraction of sp³-hybridized carbons (Fsp3) is 0. The summed E-state index contributed by atoms with van der Waals surface area (Å²) in [6.45, 7) is 0. The molecule has 0 saturated carbocycles. The molecule has 0 aliphatic rings. The fourth-order valence-corrected chi connectivity index (χ4v) is 8.67. The molecule has 0 fully saturated rings. The first-order valence-corrected chi connectivity index (χ1v) is 13.9. The van der Waals surface area contributed by atoms with Crippen molar-refractivity contribution in [3.8, 4) is 0 Å². The van der Waals surface area contributed by atoms with Gasteiger partial charge < -0.3 is 0 Å². The van der Waals surface area contributed by atoms with Crippen molar-refractivity contribution in [3.63, 3.8) is 0 Å². The molecule has 37 heavy (non-hydrogen) atoms. The number of hydrogen-bond acceptors (Lipinski definition) is 2. The SMILES string of the molecule is Nc1cccc[n+]1/C=C(\NC(=O)c1ccccc1)[P+](c1ccccc1)(c1ccccc1)c1ccccc1. The highest BCUT2D eigenvalue weighted by atomic mass is 31.2. The Hall–Kier alpha value is -4.53. The number of rotatable bonds is 7. The molecule has 0 saturated heterocycles. The van der Waals surface area contributed by atoms with Gasteiger partial charge in [-0.1, -0.05) is 78.9 Å². The van der Waals surface area contributed by atoms with Crippen LogP contribution in [0.2, 0.25) is 0 Å². The minimum absolute atomic E-state index is 0.172. The van der Waals surface area contributed by atoms with Crippen molar-refractivity contribution < 1.29 is 9.36 Å². The smallest absolute Gasteiger partial charge is 0.277 e. The third kappa shape index (κ3) is 4.93. The average Bonchev–Trinajstić information content (AvgIpc) is 2.97. The van der Waals surface area contributed by atoms with Crippen molar-refractivity contribution in [3.05, 3.63) is 157 Å². The van der Waals surface area contributed by atoms with Gasteiger partial charge in [0.25, 0.3) is 11.7 Å². The van der Waals surface area contributed by atoms with E-state index in [1.54, 1.807) is 0 Å². The third-order valence-electron chi connectivity index (χ3n) is 6.25. The summed E-state index contributed by atoms with van der Waals surface area (Å²) in [5.41, 5.74) is 7.76. The van der Waals surface area contributed by atoms with Crippen molar-refractivity contribution >= 4 is 41.1 Å². The Morgan fingerprint density at radius 1 is 0.622 bits per heavy atom. The van der Waals surface area contributed by atoms with E-state index in [9.17, 15) is 4.79 Å². The second kappa shape index (κ2) is 11.0. The van der Waals surface area contributed by atoms with E-state index in [-0.39, 0.29) is 5.91 Å². The molecule has 4 aromatic carbocycles. The van der Waals surface area contributed by atoms with E-state index in [2.05, 4.69) is 78.1 Å². The van der Waals surface area contributed by atoms with Crippen LogP contribution in [0, 0.1) is 0 Å². The zero-order valence-corrected chi connectivity index (χ0v) is 21.2. The lowest BCUT2D eigenvalue weighted by Gasteiger charge is -2.29. The van der Waals surface area contributed by atoms with Gasteiger partial charge in [-0.25, -0.2) is 4.57 Å². The summed E-state index contributed by atoms with van der Waals surface area (Å²) < 4.78 is 1.87. The number of anilines is 1. The molecule has 180 valence electrons. The van der Waals surface area contributed by atoms with Crippen LogP contribution in [0.3, 0.4) is 0 Å². The molecule has 0 aliphatic heterocycles. The molecule has 1 heterocycles. The van der Waals surface area contributed by atoms with Crippen molar-refractivity contribution in [1.29, 1.82) is 0 Å². The van der Waals surface area contributed by atoms with Crippen LogP contribution in [-0.4, -0.2) is 5.91 Å². The van der Waals surface area contributed by atoms with Gasteiger partial charge in [0.2, 0.25) is 5.44 Å². The van der Waals surface area contributed by atoms with Crippen molar-refractivity contribution in [2.24, 2.45) is 0 Å². The van der Waals surface area contributed by atoms with Crippen LogP contribution in [0.1, 0.15) is 10.4 Å². The van der Waals surface area contributed by atoms with Gasteiger partial charge in [-0.2, -0.15) is 0 Å². The lowest BCUT2D eigenvalue weighted by Crippen LogP contribution is -2.41. The van der Waals surface area contributed by atoms with Crippen LogP contribution in [-0.2, 0) is 0 Å². The number of nitrogens with one attached hydrogen (secondary N) is 1. The number of pyridine rings is 1. The van der Waals surface area contributed by atoms with Gasteiger partial charge in [0.1, 0.15) is 15.9 Å². The van der Waals surface area contributed by atoms with Crippen molar-refractivity contribution in [2.75, 3.05) is 5.73 Å². The van der Waals surface area contributed by atoms with Gasteiger partial charge in [0, 0.05) is 11.6 Å². The Balaban J connectivity index is 1.85. The van der Waals surface area contributed by atoms with Gasteiger partial charge >= 0.3 is 0 Å². The molecule has 0 bridgehead atoms. The zero-order chi connectivity index (χ0) is 25.5. The van der Waals surface area contributed by atoms with Crippen LogP contribution >= 0.6 is 7.26 Å². The Morgan fingerprint density at radius 2 is 1.05 bits per heavy atom. The number of benzene rings is 4.